The van der Waals surface area contributed by atoms with Gasteiger partial charge in [-0.2, -0.15) is 0 Å². The number of amides is 2. The molecule has 110 valence electrons. The highest BCUT2D eigenvalue weighted by molar-refractivity contribution is 5.65. The van der Waals surface area contributed by atoms with Crippen molar-refractivity contribution in [3.8, 4) is 0 Å². The summed E-state index contributed by atoms with van der Waals surface area (Å²) in [6.07, 6.45) is -2.49. The first-order valence-electron chi connectivity index (χ1n) is 6.03. The Morgan fingerprint density at radius 3 is 2.45 bits per heavy atom. The molecule has 0 aliphatic carbocycles. The van der Waals surface area contributed by atoms with Crippen LogP contribution in [0.2, 0.25) is 0 Å². The van der Waals surface area contributed by atoms with Gasteiger partial charge in [-0.05, 0) is 18.4 Å². The maximum atomic E-state index is 13.7. The van der Waals surface area contributed by atoms with E-state index < -0.39 is 24.1 Å². The maximum absolute atomic E-state index is 13.7. The molecular formula is C13H17FN2O4. The molecule has 7 heteroatoms. The van der Waals surface area contributed by atoms with Gasteiger partial charge in [0.2, 0.25) is 0 Å². The summed E-state index contributed by atoms with van der Waals surface area (Å²) < 4.78 is 23.3. The van der Waals surface area contributed by atoms with Crippen LogP contribution in [0, 0.1) is 11.7 Å². The molecular weight excluding hydrogens is 267 g/mol. The maximum Gasteiger partial charge on any atom is 0.405 e. The van der Waals surface area contributed by atoms with Crippen molar-refractivity contribution < 1.29 is 23.5 Å². The van der Waals surface area contributed by atoms with Gasteiger partial charge in [0.15, 0.2) is 0 Å². The van der Waals surface area contributed by atoms with E-state index in [4.69, 9.17) is 16.2 Å². The van der Waals surface area contributed by atoms with Crippen molar-refractivity contribution in [1.82, 2.24) is 0 Å². The Bertz CT molecular complexity index is 481. The molecule has 1 aromatic carbocycles. The molecule has 0 fully saturated rings. The summed E-state index contributed by atoms with van der Waals surface area (Å²) in [5, 5.41) is 0. The number of nitrogens with two attached hydrogens (primary N) is 2. The average molecular weight is 284 g/mol. The number of halogens is 1. The second-order valence-corrected chi connectivity index (χ2v) is 4.42. The summed E-state index contributed by atoms with van der Waals surface area (Å²) >= 11 is 0. The van der Waals surface area contributed by atoms with Crippen LogP contribution in [0.5, 0.6) is 0 Å². The van der Waals surface area contributed by atoms with Crippen molar-refractivity contribution in [2.24, 2.45) is 17.4 Å². The van der Waals surface area contributed by atoms with E-state index in [1.807, 2.05) is 0 Å². The molecule has 4 N–H and O–H groups in total. The van der Waals surface area contributed by atoms with Gasteiger partial charge in [-0.15, -0.1) is 0 Å². The van der Waals surface area contributed by atoms with Gasteiger partial charge < -0.3 is 20.9 Å². The highest BCUT2D eigenvalue weighted by atomic mass is 19.1. The minimum absolute atomic E-state index is 0.0441. The molecule has 0 heterocycles. The van der Waals surface area contributed by atoms with E-state index in [0.29, 0.717) is 0 Å². The number of primary amides is 2. The van der Waals surface area contributed by atoms with E-state index in [2.05, 4.69) is 4.74 Å². The highest BCUT2D eigenvalue weighted by Crippen LogP contribution is 2.27. The van der Waals surface area contributed by atoms with Crippen LogP contribution in [0.4, 0.5) is 14.0 Å². The molecule has 0 spiro atoms. The summed E-state index contributed by atoms with van der Waals surface area (Å²) in [7, 11) is 0. The van der Waals surface area contributed by atoms with E-state index >= 15 is 0 Å². The Labute approximate surface area is 115 Å². The second kappa shape index (κ2) is 7.32. The Kier molecular flexibility index (Phi) is 5.76. The molecule has 6 nitrogen and oxygen atoms in total. The summed E-state index contributed by atoms with van der Waals surface area (Å²) in [5.74, 6) is -0.687. The first-order chi connectivity index (χ1) is 9.40. The topological polar surface area (TPSA) is 105 Å². The first kappa shape index (κ1) is 15.7. The number of hydrogen-bond donors (Lipinski definition) is 2. The minimum atomic E-state index is -0.999. The molecule has 0 saturated carbocycles. The first-order valence-corrected chi connectivity index (χ1v) is 6.03. The van der Waals surface area contributed by atoms with Gasteiger partial charge in [-0.1, -0.05) is 25.1 Å². The Hall–Kier alpha value is -2.31. The second-order valence-electron chi connectivity index (χ2n) is 4.42. The van der Waals surface area contributed by atoms with E-state index in [-0.39, 0.29) is 24.5 Å². The largest absolute Gasteiger partial charge is 0.449 e. The third-order valence-electron chi connectivity index (χ3n) is 2.64. The summed E-state index contributed by atoms with van der Waals surface area (Å²) in [6.45, 7) is 1.80. The molecule has 20 heavy (non-hydrogen) atoms. The van der Waals surface area contributed by atoms with E-state index in [1.165, 1.54) is 18.2 Å². The molecule has 0 unspecified atom stereocenters. The van der Waals surface area contributed by atoms with E-state index in [0.717, 1.165) is 0 Å². The van der Waals surface area contributed by atoms with Crippen molar-refractivity contribution in [1.29, 1.82) is 0 Å². The van der Waals surface area contributed by atoms with Crippen LogP contribution in [-0.2, 0) is 9.47 Å². The number of rotatable bonds is 6. The van der Waals surface area contributed by atoms with Gasteiger partial charge in [0, 0.05) is 5.56 Å². The molecule has 0 saturated heterocycles. The number of carbonyl (C=O) groups is 2. The van der Waals surface area contributed by atoms with Crippen molar-refractivity contribution in [3.63, 3.8) is 0 Å². The molecule has 1 aromatic rings. The number of benzene rings is 1. The molecule has 0 aliphatic rings. The lowest BCUT2D eigenvalue weighted by atomic mass is 9.98. The highest BCUT2D eigenvalue weighted by Gasteiger charge is 2.22. The summed E-state index contributed by atoms with van der Waals surface area (Å²) in [6, 6.07) is 5.92. The quantitative estimate of drug-likeness (QED) is 0.834. The predicted octanol–water partition coefficient (Wildman–Crippen LogP) is 2.08. The van der Waals surface area contributed by atoms with Gasteiger partial charge in [0.05, 0.1) is 6.61 Å². The van der Waals surface area contributed by atoms with Crippen molar-refractivity contribution in [3.05, 3.63) is 35.6 Å². The predicted molar refractivity (Wildman–Crippen MR) is 69.1 cm³/mol. The van der Waals surface area contributed by atoms with Gasteiger partial charge in [-0.3, -0.25) is 0 Å². The van der Waals surface area contributed by atoms with Crippen molar-refractivity contribution in [2.75, 3.05) is 6.61 Å². The van der Waals surface area contributed by atoms with Crippen LogP contribution >= 0.6 is 0 Å². The Morgan fingerprint density at radius 1 is 1.25 bits per heavy atom. The lowest BCUT2D eigenvalue weighted by molar-refractivity contribution is 0.0744. The number of hydrogen-bond acceptors (Lipinski definition) is 4. The van der Waals surface area contributed by atoms with Crippen LogP contribution in [0.1, 0.15) is 25.0 Å². The monoisotopic (exact) mass is 284 g/mol. The van der Waals surface area contributed by atoms with E-state index in [1.54, 1.807) is 13.0 Å². The summed E-state index contributed by atoms with van der Waals surface area (Å²) in [5.41, 5.74) is 10.1. The standard InChI is InChI=1S/C13H17FN2O4/c1-8(7-19-12(15)17)6-11(20-13(16)18)9-4-2-3-5-10(9)14/h2-5,8,11H,6-7H2,1H3,(H2,15,17)(H2,16,18)/t8-,11-/m0/s1. The van der Waals surface area contributed by atoms with E-state index in [9.17, 15) is 14.0 Å². The molecule has 0 radical (unpaired) electrons. The van der Waals surface area contributed by atoms with Gasteiger partial charge in [0.25, 0.3) is 0 Å². The smallest absolute Gasteiger partial charge is 0.405 e. The van der Waals surface area contributed by atoms with Gasteiger partial charge in [-0.25, -0.2) is 14.0 Å². The third kappa shape index (κ3) is 5.13. The average Bonchev–Trinajstić information content (AvgIpc) is 2.35. The number of ether oxygens (including phenoxy) is 2. The van der Waals surface area contributed by atoms with Crippen LogP contribution in [-0.4, -0.2) is 18.8 Å². The van der Waals surface area contributed by atoms with Crippen molar-refractivity contribution >= 4 is 12.2 Å². The third-order valence-corrected chi connectivity index (χ3v) is 2.64. The van der Waals surface area contributed by atoms with Crippen LogP contribution in [0.15, 0.2) is 24.3 Å². The zero-order valence-electron chi connectivity index (χ0n) is 11.0. The molecule has 0 aromatic heterocycles. The minimum Gasteiger partial charge on any atom is -0.449 e. The zero-order chi connectivity index (χ0) is 15.1. The van der Waals surface area contributed by atoms with Crippen LogP contribution in [0.25, 0.3) is 0 Å². The Balaban J connectivity index is 2.77. The van der Waals surface area contributed by atoms with Gasteiger partial charge in [0.1, 0.15) is 11.9 Å². The SMILES string of the molecule is C[C@H](COC(N)=O)C[C@H](OC(N)=O)c1ccccc1F. The fourth-order valence-corrected chi connectivity index (χ4v) is 1.77. The fourth-order valence-electron chi connectivity index (χ4n) is 1.77. The van der Waals surface area contributed by atoms with Crippen molar-refractivity contribution in [2.45, 2.75) is 19.4 Å². The molecule has 2 atom stereocenters. The molecule has 1 rings (SSSR count). The van der Waals surface area contributed by atoms with Gasteiger partial charge >= 0.3 is 12.2 Å². The fraction of sp³-hybridized carbons (Fsp3) is 0.385. The lowest BCUT2D eigenvalue weighted by Gasteiger charge is -2.21. The summed E-state index contributed by atoms with van der Waals surface area (Å²) in [4.78, 5) is 21.4. The molecule has 0 aliphatic heterocycles. The normalized spacial score (nSPS) is 13.3. The molecule has 0 bridgehead atoms. The molecule has 2 amide bonds. The van der Waals surface area contributed by atoms with Crippen LogP contribution in [0.3, 0.4) is 0 Å². The lowest BCUT2D eigenvalue weighted by Crippen LogP contribution is -2.23. The van der Waals surface area contributed by atoms with Crippen LogP contribution < -0.4 is 11.5 Å². The number of carbonyl (C=O) groups excluding carboxylic acids is 2. The zero-order valence-corrected chi connectivity index (χ0v) is 11.0. The Morgan fingerprint density at radius 2 is 1.90 bits per heavy atom.